The van der Waals surface area contributed by atoms with Crippen LogP contribution in [-0.2, 0) is 0 Å². The number of fused-ring (bicyclic) bond motifs is 1. The molecule has 1 fully saturated rings. The summed E-state index contributed by atoms with van der Waals surface area (Å²) in [6, 6.07) is 9.28. The maximum atomic E-state index is 12.5. The number of nitrogens with one attached hydrogen (secondary N) is 2. The number of hydrogen-bond donors (Lipinski definition) is 2. The Labute approximate surface area is 140 Å². The highest BCUT2D eigenvalue weighted by Crippen LogP contribution is 2.28. The van der Waals surface area contributed by atoms with E-state index in [0.29, 0.717) is 16.3 Å². The number of carbonyl (C=O) groups excluding carboxylic acids is 1. The summed E-state index contributed by atoms with van der Waals surface area (Å²) in [5.41, 5.74) is 0.135. The summed E-state index contributed by atoms with van der Waals surface area (Å²) in [6.45, 7) is 2.17. The number of aromatic nitrogens is 1. The number of rotatable bonds is 4. The van der Waals surface area contributed by atoms with Crippen LogP contribution in [0.3, 0.4) is 0 Å². The van der Waals surface area contributed by atoms with Crippen molar-refractivity contribution in [3.63, 3.8) is 0 Å². The summed E-state index contributed by atoms with van der Waals surface area (Å²) < 4.78 is 0. The van der Waals surface area contributed by atoms with Crippen molar-refractivity contribution in [3.05, 3.63) is 46.4 Å². The molecule has 1 aliphatic rings. The van der Waals surface area contributed by atoms with Gasteiger partial charge in [-0.3, -0.25) is 9.59 Å². The van der Waals surface area contributed by atoms with Crippen molar-refractivity contribution >= 4 is 28.4 Å². The molecule has 1 heterocycles. The van der Waals surface area contributed by atoms with Crippen LogP contribution in [0.4, 0.5) is 0 Å². The van der Waals surface area contributed by atoms with Crippen molar-refractivity contribution in [3.8, 4) is 0 Å². The molecule has 1 aromatic heterocycles. The van der Waals surface area contributed by atoms with E-state index in [-0.39, 0.29) is 17.5 Å². The fourth-order valence-corrected chi connectivity index (χ4v) is 4.43. The maximum absolute atomic E-state index is 12.5. The zero-order valence-electron chi connectivity index (χ0n) is 13.3. The van der Waals surface area contributed by atoms with E-state index in [1.54, 1.807) is 12.1 Å². The van der Waals surface area contributed by atoms with Crippen molar-refractivity contribution < 1.29 is 4.79 Å². The minimum Gasteiger partial charge on any atom is -0.348 e. The average Bonchev–Trinajstić information content (AvgIpc) is 2.55. The molecule has 1 saturated carbocycles. The van der Waals surface area contributed by atoms with Gasteiger partial charge in [0.2, 0.25) is 0 Å². The zero-order valence-corrected chi connectivity index (χ0v) is 14.1. The molecule has 2 N–H and O–H groups in total. The summed E-state index contributed by atoms with van der Waals surface area (Å²) in [7, 11) is 0. The first-order valence-corrected chi connectivity index (χ1v) is 9.26. The van der Waals surface area contributed by atoms with E-state index in [9.17, 15) is 9.59 Å². The Morgan fingerprint density at radius 1 is 1.35 bits per heavy atom. The summed E-state index contributed by atoms with van der Waals surface area (Å²) in [6.07, 6.45) is 4.42. The van der Waals surface area contributed by atoms with Crippen molar-refractivity contribution in [2.45, 2.75) is 43.9 Å². The molecule has 0 saturated heterocycles. The Bertz CT molecular complexity index is 754. The molecule has 1 aliphatic carbocycles. The van der Waals surface area contributed by atoms with Crippen LogP contribution in [0, 0.1) is 0 Å². The van der Waals surface area contributed by atoms with E-state index in [0.717, 1.165) is 30.4 Å². The van der Waals surface area contributed by atoms with Gasteiger partial charge in [0.15, 0.2) is 0 Å². The van der Waals surface area contributed by atoms with Crippen LogP contribution in [0.2, 0.25) is 0 Å². The highest BCUT2D eigenvalue weighted by atomic mass is 32.2. The van der Waals surface area contributed by atoms with Gasteiger partial charge in [0, 0.05) is 16.7 Å². The van der Waals surface area contributed by atoms with Crippen LogP contribution in [0.5, 0.6) is 0 Å². The van der Waals surface area contributed by atoms with Crippen molar-refractivity contribution in [2.75, 3.05) is 5.75 Å². The molecule has 0 spiro atoms. The zero-order chi connectivity index (χ0) is 16.2. The van der Waals surface area contributed by atoms with Crippen LogP contribution >= 0.6 is 11.8 Å². The van der Waals surface area contributed by atoms with Gasteiger partial charge in [-0.15, -0.1) is 0 Å². The monoisotopic (exact) mass is 330 g/mol. The normalized spacial score (nSPS) is 21.3. The van der Waals surface area contributed by atoms with Crippen LogP contribution in [0.1, 0.15) is 43.1 Å². The molecule has 0 aliphatic heterocycles. The molecule has 2 aromatic rings. The van der Waals surface area contributed by atoms with Gasteiger partial charge in [0.05, 0.1) is 0 Å². The number of aromatic amines is 1. The van der Waals surface area contributed by atoms with E-state index >= 15 is 0 Å². The molecular weight excluding hydrogens is 308 g/mol. The van der Waals surface area contributed by atoms with Crippen molar-refractivity contribution in [1.29, 1.82) is 0 Å². The van der Waals surface area contributed by atoms with E-state index < -0.39 is 0 Å². The number of thioether (sulfide) groups is 1. The largest absolute Gasteiger partial charge is 0.348 e. The molecule has 0 radical (unpaired) electrons. The van der Waals surface area contributed by atoms with Gasteiger partial charge in [0.25, 0.3) is 11.5 Å². The predicted octanol–water partition coefficient (Wildman–Crippen LogP) is 3.32. The molecule has 0 unspecified atom stereocenters. The maximum Gasteiger partial charge on any atom is 0.268 e. The van der Waals surface area contributed by atoms with Crippen LogP contribution in [0.25, 0.3) is 10.8 Å². The second-order valence-corrected chi connectivity index (χ2v) is 7.59. The number of hydrogen-bond acceptors (Lipinski definition) is 3. The molecule has 3 rings (SSSR count). The third-order valence-corrected chi connectivity index (χ3v) is 5.59. The Kier molecular flexibility index (Phi) is 5.06. The Hall–Kier alpha value is -1.75. The number of pyridine rings is 1. The minimum atomic E-state index is -0.212. The van der Waals surface area contributed by atoms with Gasteiger partial charge in [-0.2, -0.15) is 11.8 Å². The third-order valence-electron chi connectivity index (χ3n) is 4.36. The van der Waals surface area contributed by atoms with Gasteiger partial charge in [-0.05, 0) is 42.5 Å². The van der Waals surface area contributed by atoms with Gasteiger partial charge >= 0.3 is 0 Å². The summed E-state index contributed by atoms with van der Waals surface area (Å²) in [5.74, 6) is 0.934. The van der Waals surface area contributed by atoms with E-state index in [4.69, 9.17) is 0 Å². The second kappa shape index (κ2) is 7.21. The lowest BCUT2D eigenvalue weighted by atomic mass is 9.95. The fraction of sp³-hybridized carbons (Fsp3) is 0.444. The van der Waals surface area contributed by atoms with E-state index in [2.05, 4.69) is 17.2 Å². The summed E-state index contributed by atoms with van der Waals surface area (Å²) in [5, 5.41) is 5.13. The van der Waals surface area contributed by atoms with Crippen molar-refractivity contribution in [2.24, 2.45) is 0 Å². The van der Waals surface area contributed by atoms with Gasteiger partial charge in [-0.25, -0.2) is 0 Å². The highest BCUT2D eigenvalue weighted by molar-refractivity contribution is 7.99. The van der Waals surface area contributed by atoms with E-state index in [1.807, 2.05) is 30.0 Å². The van der Waals surface area contributed by atoms with Gasteiger partial charge < -0.3 is 10.3 Å². The molecule has 23 heavy (non-hydrogen) atoms. The Morgan fingerprint density at radius 2 is 2.17 bits per heavy atom. The average molecular weight is 330 g/mol. The molecule has 0 bridgehead atoms. The first-order valence-electron chi connectivity index (χ1n) is 8.22. The van der Waals surface area contributed by atoms with Gasteiger partial charge in [-0.1, -0.05) is 31.5 Å². The first-order chi connectivity index (χ1) is 11.2. The highest BCUT2D eigenvalue weighted by Gasteiger charge is 2.23. The number of amides is 1. The summed E-state index contributed by atoms with van der Waals surface area (Å²) >= 11 is 1.97. The molecular formula is C18H22N2O2S. The standard InChI is InChI=1S/C18H22N2O2S/c1-2-23-14-8-5-7-13(11-14)19-18(22)16-10-12-6-3-4-9-15(12)17(21)20-16/h3-4,6,9-10,13-14H,2,5,7-8,11H2,1H3,(H,19,22)(H,20,21)/t13-,14+/m1/s1. The van der Waals surface area contributed by atoms with Gasteiger partial charge in [0.1, 0.15) is 5.69 Å². The number of benzene rings is 1. The predicted molar refractivity (Wildman–Crippen MR) is 96.2 cm³/mol. The van der Waals surface area contributed by atoms with Crippen LogP contribution in [0.15, 0.2) is 35.1 Å². The molecule has 1 aromatic carbocycles. The van der Waals surface area contributed by atoms with E-state index in [1.165, 1.54) is 6.42 Å². The minimum absolute atomic E-state index is 0.181. The molecule has 122 valence electrons. The van der Waals surface area contributed by atoms with Crippen LogP contribution in [-0.4, -0.2) is 27.9 Å². The third kappa shape index (κ3) is 3.78. The lowest BCUT2D eigenvalue weighted by Crippen LogP contribution is -2.40. The number of carbonyl (C=O) groups is 1. The van der Waals surface area contributed by atoms with Crippen molar-refractivity contribution in [1.82, 2.24) is 10.3 Å². The van der Waals surface area contributed by atoms with Crippen LogP contribution < -0.4 is 10.9 Å². The lowest BCUT2D eigenvalue weighted by molar-refractivity contribution is 0.0923. The lowest BCUT2D eigenvalue weighted by Gasteiger charge is -2.29. The number of H-pyrrole nitrogens is 1. The summed E-state index contributed by atoms with van der Waals surface area (Å²) in [4.78, 5) is 27.3. The fourth-order valence-electron chi connectivity index (χ4n) is 3.26. The quantitative estimate of drug-likeness (QED) is 0.904. The smallest absolute Gasteiger partial charge is 0.268 e. The molecule has 1 amide bonds. The second-order valence-electron chi connectivity index (χ2n) is 6.01. The molecule has 5 heteroatoms. The first kappa shape index (κ1) is 16.1. The topological polar surface area (TPSA) is 62.0 Å². The Morgan fingerprint density at radius 3 is 3.00 bits per heavy atom. The SMILES string of the molecule is CCS[C@H]1CCC[C@@H](NC(=O)c2cc3ccccc3c(=O)[nH]2)C1. The molecule has 2 atom stereocenters. The molecule has 4 nitrogen and oxygen atoms in total. The Balaban J connectivity index is 1.74.